The van der Waals surface area contributed by atoms with Gasteiger partial charge in [-0.25, -0.2) is 0 Å². The van der Waals surface area contributed by atoms with Gasteiger partial charge in [0.1, 0.15) is 0 Å². The summed E-state index contributed by atoms with van der Waals surface area (Å²) in [5.74, 6) is 0. The van der Waals surface area contributed by atoms with Crippen molar-refractivity contribution in [1.29, 1.82) is 0 Å². The normalized spacial score (nSPS) is 18.8. The monoisotopic (exact) mass is 424 g/mol. The van der Waals surface area contributed by atoms with Gasteiger partial charge in [0.25, 0.3) is 0 Å². The number of benzene rings is 5. The number of fused-ring (bicyclic) bond motifs is 6. The maximum atomic E-state index is 8.72. The highest BCUT2D eigenvalue weighted by Crippen LogP contribution is 2.34. The van der Waals surface area contributed by atoms with Crippen LogP contribution < -0.4 is 0 Å². The molecule has 0 aliphatic heterocycles. The highest BCUT2D eigenvalue weighted by molar-refractivity contribution is 6.10. The summed E-state index contributed by atoms with van der Waals surface area (Å²) < 4.78 is 138. The van der Waals surface area contributed by atoms with E-state index in [1.54, 1.807) is 0 Å². The number of rotatable bonds is 2. The zero-order valence-electron chi connectivity index (χ0n) is 32.2. The Morgan fingerprint density at radius 2 is 0.625 bits per heavy atom. The number of para-hydroxylation sites is 4. The minimum absolute atomic E-state index is 0.0872. The third-order valence-electron chi connectivity index (χ3n) is 5.43. The lowest BCUT2D eigenvalue weighted by Crippen LogP contribution is -1.97. The molecule has 0 saturated heterocycles. The van der Waals surface area contributed by atoms with Gasteiger partial charge < -0.3 is 9.13 Å². The molecule has 0 saturated carbocycles. The van der Waals surface area contributed by atoms with E-state index in [4.69, 9.17) is 21.9 Å². The molecule has 0 radical (unpaired) electrons. The fourth-order valence-corrected chi connectivity index (χ4v) is 4.11. The number of hydrogen-bond donors (Lipinski definition) is 0. The van der Waals surface area contributed by atoms with Gasteiger partial charge in [0.15, 0.2) is 0 Å². The Balaban J connectivity index is 1.62. The van der Waals surface area contributed by atoms with Gasteiger partial charge in [0, 0.05) is 32.9 Å². The second-order valence-corrected chi connectivity index (χ2v) is 7.08. The average Bonchev–Trinajstić information content (AvgIpc) is 3.63. The largest absolute Gasteiger partial charge is 0.309 e. The molecule has 0 N–H and O–H groups in total. The first-order valence-corrected chi connectivity index (χ1v) is 9.66. The van der Waals surface area contributed by atoms with Gasteiger partial charge in [-0.3, -0.25) is 0 Å². The summed E-state index contributed by atoms with van der Waals surface area (Å²) >= 11 is 0. The molecule has 7 aromatic rings. The Kier molecular flexibility index (Phi) is 1.65. The van der Waals surface area contributed by atoms with Gasteiger partial charge in [-0.15, -0.1) is 0 Å². The first-order chi connectivity index (χ1) is 22.5. The van der Waals surface area contributed by atoms with E-state index in [1.807, 2.05) is 0 Å². The van der Waals surface area contributed by atoms with Crippen LogP contribution in [-0.4, -0.2) is 9.13 Å². The van der Waals surface area contributed by atoms with Crippen LogP contribution in [-0.2, 0) is 0 Å². The summed E-state index contributed by atoms with van der Waals surface area (Å²) in [4.78, 5) is 0. The molecule has 0 unspecified atom stereocenters. The average molecular weight is 425 g/mol. The molecule has 0 bridgehead atoms. The van der Waals surface area contributed by atoms with Crippen LogP contribution >= 0.6 is 0 Å². The van der Waals surface area contributed by atoms with Crippen LogP contribution in [0.4, 0.5) is 0 Å². The molecule has 2 heterocycles. The van der Waals surface area contributed by atoms with E-state index < -0.39 is 96.7 Å². The minimum atomic E-state index is -0.574. The molecule has 150 valence electrons. The quantitative estimate of drug-likeness (QED) is 0.267. The van der Waals surface area contributed by atoms with E-state index in [2.05, 4.69) is 0 Å². The zero-order chi connectivity index (χ0) is 35.0. The Hall–Kier alpha value is -4.30. The maximum absolute atomic E-state index is 8.72. The molecule has 2 nitrogen and oxygen atoms in total. The molecule has 2 aromatic heterocycles. The van der Waals surface area contributed by atoms with Crippen molar-refractivity contribution in [2.75, 3.05) is 0 Å². The molecule has 0 aliphatic carbocycles. The van der Waals surface area contributed by atoms with Crippen LogP contribution in [0.15, 0.2) is 121 Å². The molecule has 0 aliphatic rings. The first-order valence-electron chi connectivity index (χ1n) is 17.7. The third-order valence-corrected chi connectivity index (χ3v) is 5.43. The van der Waals surface area contributed by atoms with Gasteiger partial charge in [-0.1, -0.05) is 72.5 Å². The van der Waals surface area contributed by atoms with E-state index in [0.29, 0.717) is 0 Å². The van der Waals surface area contributed by atoms with Gasteiger partial charge in [0.2, 0.25) is 0 Å². The lowest BCUT2D eigenvalue weighted by molar-refractivity contribution is 1.14. The highest BCUT2D eigenvalue weighted by Gasteiger charge is 2.13. The van der Waals surface area contributed by atoms with Crippen molar-refractivity contribution < 1.29 is 21.9 Å². The van der Waals surface area contributed by atoms with Crippen molar-refractivity contribution in [3.8, 4) is 11.4 Å². The van der Waals surface area contributed by atoms with Gasteiger partial charge in [0.05, 0.1) is 44.0 Å². The second kappa shape index (κ2) is 6.60. The maximum Gasteiger partial charge on any atom is 0.0645 e. The fourth-order valence-electron chi connectivity index (χ4n) is 4.11. The lowest BCUT2D eigenvalue weighted by atomic mass is 10.2. The second-order valence-electron chi connectivity index (χ2n) is 7.08. The molecule has 7 rings (SSSR count). The predicted octanol–water partition coefficient (Wildman–Crippen LogP) is 7.88. The number of hydrogen-bond acceptors (Lipinski definition) is 0. The van der Waals surface area contributed by atoms with Crippen LogP contribution in [0.25, 0.3) is 55.0 Å². The van der Waals surface area contributed by atoms with E-state index in [-0.39, 0.29) is 55.0 Å². The van der Waals surface area contributed by atoms with Gasteiger partial charge in [-0.2, -0.15) is 0 Å². The van der Waals surface area contributed by atoms with Gasteiger partial charge in [-0.05, 0) is 48.4 Å². The van der Waals surface area contributed by atoms with Crippen molar-refractivity contribution >= 4 is 43.6 Å². The van der Waals surface area contributed by atoms with Crippen molar-refractivity contribution in [2.24, 2.45) is 0 Å². The van der Waals surface area contributed by atoms with E-state index in [0.717, 1.165) is 0 Å². The Morgan fingerprint density at radius 1 is 0.375 bits per heavy atom. The summed E-state index contributed by atoms with van der Waals surface area (Å²) in [5, 5.41) is -0.383. The van der Waals surface area contributed by atoms with Crippen LogP contribution in [0.5, 0.6) is 0 Å². The van der Waals surface area contributed by atoms with Crippen molar-refractivity contribution in [1.82, 2.24) is 9.13 Å². The summed E-state index contributed by atoms with van der Waals surface area (Å²) in [5.41, 5.74) is 0.0927. The summed E-state index contributed by atoms with van der Waals surface area (Å²) in [6, 6.07) is -2.50. The van der Waals surface area contributed by atoms with Crippen LogP contribution in [0.2, 0.25) is 0 Å². The van der Waals surface area contributed by atoms with Crippen molar-refractivity contribution in [2.45, 2.75) is 0 Å². The van der Waals surface area contributed by atoms with Crippen LogP contribution in [0.1, 0.15) is 21.9 Å². The number of aromatic nitrogens is 2. The van der Waals surface area contributed by atoms with E-state index in [9.17, 15) is 0 Å². The molecule has 0 atom stereocenters. The third kappa shape index (κ3) is 2.35. The predicted molar refractivity (Wildman–Crippen MR) is 135 cm³/mol. The fraction of sp³-hybridized carbons (Fsp3) is 0. The summed E-state index contributed by atoms with van der Waals surface area (Å²) in [6.07, 6.45) is 0. The van der Waals surface area contributed by atoms with E-state index in [1.165, 1.54) is 33.4 Å². The van der Waals surface area contributed by atoms with Crippen molar-refractivity contribution in [3.63, 3.8) is 0 Å². The molecule has 0 amide bonds. The molecule has 32 heavy (non-hydrogen) atoms. The van der Waals surface area contributed by atoms with Gasteiger partial charge >= 0.3 is 0 Å². The first kappa shape index (κ1) is 7.99. The Morgan fingerprint density at radius 3 is 0.906 bits per heavy atom. The molecule has 0 fully saturated rings. The Bertz CT molecular complexity index is 2280. The molecule has 5 aromatic carbocycles. The molecule has 2 heteroatoms. The molecule has 0 spiro atoms. The molecular formula is C30H20N2. The Labute approximate surface area is 208 Å². The smallest absolute Gasteiger partial charge is 0.0645 e. The standard InChI is InChI=1S/C30H20N2/c1-5-13-27-23(9-1)24-10-2-6-14-28(24)31(27)21-17-19-22(20-18-21)32-29-15-7-3-11-25(29)26-12-4-8-16-30(26)32/h1-20H/i1D,2D,3D,4D,5D,6D,7D,8D,9D,10D,11D,12D,13D,14D,15D,16D. The number of nitrogens with zero attached hydrogens (tertiary/aromatic N) is 2. The molecular weight excluding hydrogens is 388 g/mol. The minimum Gasteiger partial charge on any atom is -0.309 e. The topological polar surface area (TPSA) is 9.86 Å². The van der Waals surface area contributed by atoms with E-state index >= 15 is 0 Å². The SMILES string of the molecule is [2H]c1c([2H])c([2H])c2c(c1[2H])c1c([2H])c([2H])c([2H])c([2H])c1n2-c1ccc(-n2c3c([2H])c([2H])c([2H])c([2H])c3c3c([2H])c([2H])c([2H])c([2H])c32)cc1. The van der Waals surface area contributed by atoms with Crippen molar-refractivity contribution in [3.05, 3.63) is 121 Å². The highest BCUT2D eigenvalue weighted by atomic mass is 15.0. The summed E-state index contributed by atoms with van der Waals surface area (Å²) in [7, 11) is 0. The van der Waals surface area contributed by atoms with Crippen LogP contribution in [0, 0.1) is 0 Å². The lowest BCUT2D eigenvalue weighted by Gasteiger charge is -2.11. The van der Waals surface area contributed by atoms with Crippen LogP contribution in [0.3, 0.4) is 0 Å². The summed E-state index contributed by atoms with van der Waals surface area (Å²) in [6.45, 7) is 0. The zero-order valence-corrected chi connectivity index (χ0v) is 16.2.